The lowest BCUT2D eigenvalue weighted by molar-refractivity contribution is -0.132. The number of halogens is 2. The lowest BCUT2D eigenvalue weighted by Gasteiger charge is -2.12. The average Bonchev–Trinajstić information content (AvgIpc) is 2.19. The van der Waals surface area contributed by atoms with Crippen LogP contribution in [0.3, 0.4) is 0 Å². The van der Waals surface area contributed by atoms with Gasteiger partial charge in [0.1, 0.15) is 0 Å². The van der Waals surface area contributed by atoms with Crippen molar-refractivity contribution in [3.8, 4) is 11.5 Å². The van der Waals surface area contributed by atoms with Crippen LogP contribution in [-0.4, -0.2) is 17.5 Å². The van der Waals surface area contributed by atoms with Gasteiger partial charge in [0.15, 0.2) is 11.5 Å². The molecule has 0 aliphatic rings. The van der Waals surface area contributed by atoms with Gasteiger partial charge in [-0.25, -0.2) is 8.78 Å². The molecule has 1 rings (SSSR count). The Labute approximate surface area is 90.6 Å². The van der Waals surface area contributed by atoms with Crippen molar-refractivity contribution in [2.45, 2.75) is 19.4 Å². The number of phenols is 1. The smallest absolute Gasteiger partial charge is 0.308 e. The summed E-state index contributed by atoms with van der Waals surface area (Å²) in [6.45, 7) is 1.16. The molecule has 0 aliphatic heterocycles. The first kappa shape index (κ1) is 12.4. The molecule has 4 nitrogen and oxygen atoms in total. The largest absolute Gasteiger partial charge is 0.504 e. The van der Waals surface area contributed by atoms with E-state index in [2.05, 4.69) is 4.74 Å². The van der Waals surface area contributed by atoms with Crippen LogP contribution in [0.4, 0.5) is 8.78 Å². The van der Waals surface area contributed by atoms with E-state index in [1.807, 2.05) is 0 Å². The highest BCUT2D eigenvalue weighted by atomic mass is 19.3. The average molecular weight is 231 g/mol. The van der Waals surface area contributed by atoms with E-state index in [9.17, 15) is 18.7 Å². The zero-order valence-corrected chi connectivity index (χ0v) is 8.48. The number of benzene rings is 1. The third kappa shape index (κ3) is 2.90. The number of hydrogen-bond acceptors (Lipinski definition) is 4. The zero-order chi connectivity index (χ0) is 12.3. The maximum Gasteiger partial charge on any atom is 0.308 e. The van der Waals surface area contributed by atoms with Crippen molar-refractivity contribution in [3.05, 3.63) is 23.8 Å². The van der Waals surface area contributed by atoms with Crippen LogP contribution in [0.1, 0.15) is 18.5 Å². The van der Waals surface area contributed by atoms with Gasteiger partial charge in [0.25, 0.3) is 6.43 Å². The maximum atomic E-state index is 12.3. The first-order valence-electron chi connectivity index (χ1n) is 4.47. The molecule has 0 fully saturated rings. The molecule has 1 aromatic carbocycles. The lowest BCUT2D eigenvalue weighted by atomic mass is 10.1. The van der Waals surface area contributed by atoms with Crippen molar-refractivity contribution in [1.29, 1.82) is 0 Å². The predicted molar refractivity (Wildman–Crippen MR) is 52.3 cm³/mol. The number of hydrogen-bond donors (Lipinski definition) is 2. The summed E-state index contributed by atoms with van der Waals surface area (Å²) in [5.41, 5.74) is 5.26. The van der Waals surface area contributed by atoms with E-state index >= 15 is 0 Å². The number of carbonyl (C=O) groups is 1. The van der Waals surface area contributed by atoms with E-state index in [4.69, 9.17) is 5.73 Å². The second-order valence-corrected chi connectivity index (χ2v) is 3.18. The maximum absolute atomic E-state index is 12.3. The molecule has 0 spiro atoms. The van der Waals surface area contributed by atoms with Crippen LogP contribution in [0, 0.1) is 0 Å². The van der Waals surface area contributed by atoms with Gasteiger partial charge in [-0.15, -0.1) is 0 Å². The Morgan fingerprint density at radius 2 is 2.12 bits per heavy atom. The molecule has 16 heavy (non-hydrogen) atoms. The van der Waals surface area contributed by atoms with Gasteiger partial charge >= 0.3 is 5.97 Å². The third-order valence-electron chi connectivity index (χ3n) is 1.89. The Morgan fingerprint density at radius 3 is 2.56 bits per heavy atom. The number of alkyl halides is 2. The van der Waals surface area contributed by atoms with Crippen LogP contribution in [0.25, 0.3) is 0 Å². The Balaban J connectivity index is 2.94. The molecule has 1 atom stereocenters. The Hall–Kier alpha value is -1.69. The SMILES string of the molecule is CC(=O)Oc1ccc([C@H](N)C(F)F)cc1O. The van der Waals surface area contributed by atoms with E-state index in [0.717, 1.165) is 13.0 Å². The number of esters is 1. The molecule has 0 heterocycles. The van der Waals surface area contributed by atoms with Crippen LogP contribution in [-0.2, 0) is 4.79 Å². The lowest BCUT2D eigenvalue weighted by Crippen LogP contribution is -2.18. The van der Waals surface area contributed by atoms with Gasteiger partial charge in [0.05, 0.1) is 6.04 Å². The van der Waals surface area contributed by atoms with Crippen LogP contribution in [0.2, 0.25) is 0 Å². The quantitative estimate of drug-likeness (QED) is 0.612. The fraction of sp³-hybridized carbons (Fsp3) is 0.300. The van der Waals surface area contributed by atoms with Crippen LogP contribution < -0.4 is 10.5 Å². The number of rotatable bonds is 3. The molecular weight excluding hydrogens is 220 g/mol. The van der Waals surface area contributed by atoms with E-state index in [0.29, 0.717) is 0 Å². The monoisotopic (exact) mass is 231 g/mol. The van der Waals surface area contributed by atoms with Crippen LogP contribution in [0.5, 0.6) is 11.5 Å². The molecule has 3 N–H and O–H groups in total. The van der Waals surface area contributed by atoms with Crippen LogP contribution >= 0.6 is 0 Å². The summed E-state index contributed by atoms with van der Waals surface area (Å²) < 4.78 is 29.2. The van der Waals surface area contributed by atoms with E-state index in [-0.39, 0.29) is 11.3 Å². The van der Waals surface area contributed by atoms with Gasteiger partial charge < -0.3 is 15.6 Å². The summed E-state index contributed by atoms with van der Waals surface area (Å²) in [7, 11) is 0. The van der Waals surface area contributed by atoms with E-state index in [1.54, 1.807) is 0 Å². The first-order chi connectivity index (χ1) is 7.41. The minimum atomic E-state index is -2.72. The van der Waals surface area contributed by atoms with Crippen molar-refractivity contribution in [2.24, 2.45) is 5.73 Å². The van der Waals surface area contributed by atoms with Gasteiger partial charge in [-0.05, 0) is 17.7 Å². The molecule has 0 radical (unpaired) electrons. The molecule has 0 amide bonds. The number of nitrogens with two attached hydrogens (primary N) is 1. The Morgan fingerprint density at radius 1 is 1.50 bits per heavy atom. The summed E-state index contributed by atoms with van der Waals surface area (Å²) in [4.78, 5) is 10.6. The number of aromatic hydroxyl groups is 1. The predicted octanol–water partition coefficient (Wildman–Crippen LogP) is 1.58. The molecule has 1 aromatic rings. The highest BCUT2D eigenvalue weighted by Gasteiger charge is 2.19. The van der Waals surface area contributed by atoms with Gasteiger partial charge in [0, 0.05) is 6.92 Å². The Kier molecular flexibility index (Phi) is 3.78. The van der Waals surface area contributed by atoms with Crippen molar-refractivity contribution in [3.63, 3.8) is 0 Å². The highest BCUT2D eigenvalue weighted by molar-refractivity contribution is 5.70. The third-order valence-corrected chi connectivity index (χ3v) is 1.89. The fourth-order valence-electron chi connectivity index (χ4n) is 1.13. The molecule has 0 saturated carbocycles. The molecule has 88 valence electrons. The number of carbonyl (C=O) groups excluding carboxylic acids is 1. The topological polar surface area (TPSA) is 72.5 Å². The number of ether oxygens (including phenoxy) is 1. The van der Waals surface area contributed by atoms with Gasteiger partial charge in [-0.2, -0.15) is 0 Å². The van der Waals surface area contributed by atoms with Crippen molar-refractivity contribution in [2.75, 3.05) is 0 Å². The second-order valence-electron chi connectivity index (χ2n) is 3.18. The standard InChI is InChI=1S/C10H11F2NO3/c1-5(14)16-8-3-2-6(4-7(8)15)9(13)10(11)12/h2-4,9-10,15H,13H2,1H3/t9-/m0/s1. The summed E-state index contributed by atoms with van der Waals surface area (Å²) in [6.07, 6.45) is -2.72. The van der Waals surface area contributed by atoms with E-state index in [1.165, 1.54) is 12.1 Å². The molecule has 0 aromatic heterocycles. The minimum Gasteiger partial charge on any atom is -0.504 e. The van der Waals surface area contributed by atoms with Crippen LogP contribution in [0.15, 0.2) is 18.2 Å². The van der Waals surface area contributed by atoms with Crippen molar-refractivity contribution < 1.29 is 23.4 Å². The highest BCUT2D eigenvalue weighted by Crippen LogP contribution is 2.30. The normalized spacial score (nSPS) is 12.6. The summed E-state index contributed by atoms with van der Waals surface area (Å²) in [6, 6.07) is 2.07. The first-order valence-corrected chi connectivity index (χ1v) is 4.47. The van der Waals surface area contributed by atoms with Crippen molar-refractivity contribution in [1.82, 2.24) is 0 Å². The molecule has 0 bridgehead atoms. The summed E-state index contributed by atoms with van der Waals surface area (Å²) in [5, 5.41) is 9.39. The zero-order valence-electron chi connectivity index (χ0n) is 8.48. The van der Waals surface area contributed by atoms with Crippen molar-refractivity contribution >= 4 is 5.97 Å². The molecule has 0 aliphatic carbocycles. The Bertz CT molecular complexity index is 396. The minimum absolute atomic E-state index is 0.0726. The molecule has 0 saturated heterocycles. The van der Waals surface area contributed by atoms with Gasteiger partial charge in [-0.1, -0.05) is 6.07 Å². The fourth-order valence-corrected chi connectivity index (χ4v) is 1.13. The summed E-state index contributed by atoms with van der Waals surface area (Å²) >= 11 is 0. The van der Waals surface area contributed by atoms with Gasteiger partial charge in [0.2, 0.25) is 0 Å². The summed E-state index contributed by atoms with van der Waals surface area (Å²) in [5.74, 6) is -1.09. The second kappa shape index (κ2) is 4.89. The van der Waals surface area contributed by atoms with Gasteiger partial charge in [-0.3, -0.25) is 4.79 Å². The van der Waals surface area contributed by atoms with E-state index < -0.39 is 24.2 Å². The number of phenolic OH excluding ortho intramolecular Hbond substituents is 1. The molecule has 6 heteroatoms. The molecular formula is C10H11F2NO3. The molecule has 0 unspecified atom stereocenters.